The Kier molecular flexibility index (Phi) is 3.93. The highest BCUT2D eigenvalue weighted by Crippen LogP contribution is 2.36. The number of carbonyl (C=O) groups is 1. The van der Waals surface area contributed by atoms with Gasteiger partial charge in [0, 0.05) is 18.2 Å². The first-order chi connectivity index (χ1) is 12.6. The first-order valence-corrected chi connectivity index (χ1v) is 8.29. The van der Waals surface area contributed by atoms with Gasteiger partial charge in [-0.25, -0.2) is 8.78 Å². The van der Waals surface area contributed by atoms with Crippen LogP contribution in [0.1, 0.15) is 10.4 Å². The number of nitrogens with zero attached hydrogens (tertiary/aromatic N) is 2. The number of hydrogen-bond acceptors (Lipinski definition) is 4. The summed E-state index contributed by atoms with van der Waals surface area (Å²) in [6.45, 7) is 0.305. The van der Waals surface area contributed by atoms with Crippen LogP contribution in [0.5, 0.6) is 11.5 Å². The van der Waals surface area contributed by atoms with Crippen LogP contribution in [0.15, 0.2) is 35.3 Å². The summed E-state index contributed by atoms with van der Waals surface area (Å²) in [5.74, 6) is 1.12. The van der Waals surface area contributed by atoms with Crippen molar-refractivity contribution in [3.63, 3.8) is 0 Å². The summed E-state index contributed by atoms with van der Waals surface area (Å²) in [6.07, 6.45) is 5.42. The Labute approximate surface area is 150 Å². The summed E-state index contributed by atoms with van der Waals surface area (Å²) < 4.78 is 40.0. The van der Waals surface area contributed by atoms with Crippen molar-refractivity contribution in [1.29, 1.82) is 0 Å². The molecule has 1 aliphatic heterocycles. The zero-order valence-corrected chi connectivity index (χ0v) is 14.0. The Balaban J connectivity index is 1.87. The smallest absolute Gasteiger partial charge is 0.282 e. The lowest BCUT2D eigenvalue weighted by Crippen LogP contribution is -2.17. The van der Waals surface area contributed by atoms with Crippen LogP contribution < -0.4 is 14.3 Å². The molecular weight excluding hydrogens is 362 g/mol. The number of thiazole rings is 1. The summed E-state index contributed by atoms with van der Waals surface area (Å²) in [7, 11) is 0. The topological polar surface area (TPSA) is 52.8 Å². The minimum atomic E-state index is -0.968. The number of amides is 1. The standard InChI is InChI=1S/C18H10F2N2O3S/c1-2-5-22-13-7-14-15(25-9-24-14)8-16(13)26-18(22)21-17(23)11-4-3-10(19)6-12(11)20/h1,3-4,6-8H,5,9H2. The predicted octanol–water partition coefficient (Wildman–Crippen LogP) is 3.08. The molecule has 3 aromatic rings. The highest BCUT2D eigenvalue weighted by atomic mass is 32.1. The molecule has 2 heterocycles. The quantitative estimate of drug-likeness (QED) is 0.650. The lowest BCUT2D eigenvalue weighted by molar-refractivity contribution is 0.0994. The fourth-order valence-corrected chi connectivity index (χ4v) is 3.64. The number of ether oxygens (including phenoxy) is 2. The number of terminal acetylenes is 1. The molecule has 0 N–H and O–H groups in total. The second-order valence-corrected chi connectivity index (χ2v) is 6.40. The molecule has 1 amide bonds. The van der Waals surface area contributed by atoms with Crippen LogP contribution in [0, 0.1) is 24.0 Å². The van der Waals surface area contributed by atoms with Crippen LogP contribution in [0.4, 0.5) is 8.78 Å². The zero-order valence-electron chi connectivity index (χ0n) is 13.2. The van der Waals surface area contributed by atoms with Gasteiger partial charge < -0.3 is 14.0 Å². The van der Waals surface area contributed by atoms with Crippen LogP contribution in [-0.2, 0) is 6.54 Å². The van der Waals surface area contributed by atoms with Gasteiger partial charge in [-0.1, -0.05) is 17.3 Å². The van der Waals surface area contributed by atoms with Crippen molar-refractivity contribution in [1.82, 2.24) is 4.57 Å². The normalized spacial score (nSPS) is 13.2. The molecule has 0 unspecified atom stereocenters. The second-order valence-electron chi connectivity index (χ2n) is 5.39. The van der Waals surface area contributed by atoms with Gasteiger partial charge in [0.25, 0.3) is 5.91 Å². The van der Waals surface area contributed by atoms with Gasteiger partial charge in [0.05, 0.1) is 22.3 Å². The molecule has 1 aromatic heterocycles. The Morgan fingerprint density at radius 3 is 2.77 bits per heavy atom. The molecule has 0 bridgehead atoms. The summed E-state index contributed by atoms with van der Waals surface area (Å²) in [6, 6.07) is 6.24. The average molecular weight is 372 g/mol. The van der Waals surface area contributed by atoms with Gasteiger partial charge in [-0.05, 0) is 12.1 Å². The molecule has 8 heteroatoms. The van der Waals surface area contributed by atoms with E-state index in [1.807, 2.05) is 0 Å². The van der Waals surface area contributed by atoms with E-state index in [9.17, 15) is 13.6 Å². The number of carbonyl (C=O) groups excluding carboxylic acids is 1. The van der Waals surface area contributed by atoms with E-state index < -0.39 is 17.5 Å². The van der Waals surface area contributed by atoms with Gasteiger partial charge in [-0.3, -0.25) is 4.79 Å². The minimum absolute atomic E-state index is 0.140. The van der Waals surface area contributed by atoms with Crippen molar-refractivity contribution < 1.29 is 23.0 Å². The third-order valence-corrected chi connectivity index (χ3v) is 4.83. The van der Waals surface area contributed by atoms with Crippen molar-refractivity contribution in [2.24, 2.45) is 4.99 Å². The fourth-order valence-electron chi connectivity index (χ4n) is 2.60. The van der Waals surface area contributed by atoms with E-state index in [1.165, 1.54) is 11.3 Å². The van der Waals surface area contributed by atoms with E-state index in [4.69, 9.17) is 15.9 Å². The van der Waals surface area contributed by atoms with Crippen molar-refractivity contribution in [2.45, 2.75) is 6.54 Å². The molecule has 4 rings (SSSR count). The molecule has 130 valence electrons. The van der Waals surface area contributed by atoms with E-state index in [0.717, 1.165) is 22.3 Å². The van der Waals surface area contributed by atoms with Crippen LogP contribution in [0.3, 0.4) is 0 Å². The van der Waals surface area contributed by atoms with Gasteiger partial charge in [0.15, 0.2) is 16.3 Å². The lowest BCUT2D eigenvalue weighted by atomic mass is 10.2. The van der Waals surface area contributed by atoms with Crippen molar-refractivity contribution in [2.75, 3.05) is 6.79 Å². The predicted molar refractivity (Wildman–Crippen MR) is 91.0 cm³/mol. The van der Waals surface area contributed by atoms with Crippen molar-refractivity contribution in [3.8, 4) is 23.8 Å². The maximum Gasteiger partial charge on any atom is 0.282 e. The highest BCUT2D eigenvalue weighted by Gasteiger charge is 2.18. The number of rotatable bonds is 2. The summed E-state index contributed by atoms with van der Waals surface area (Å²) >= 11 is 1.21. The summed E-state index contributed by atoms with van der Waals surface area (Å²) in [4.78, 5) is 16.6. The molecule has 0 saturated carbocycles. The van der Waals surface area contributed by atoms with Crippen LogP contribution in [0.2, 0.25) is 0 Å². The van der Waals surface area contributed by atoms with Crippen LogP contribution >= 0.6 is 11.3 Å². The molecular formula is C18H10F2N2O3S. The van der Waals surface area contributed by atoms with Gasteiger partial charge in [0.1, 0.15) is 11.6 Å². The third-order valence-electron chi connectivity index (χ3n) is 3.79. The number of fused-ring (bicyclic) bond motifs is 2. The maximum atomic E-state index is 13.8. The van der Waals surface area contributed by atoms with Gasteiger partial charge in [-0.2, -0.15) is 4.99 Å². The number of benzene rings is 2. The molecule has 26 heavy (non-hydrogen) atoms. The fraction of sp³-hybridized carbons (Fsp3) is 0.111. The van der Waals surface area contributed by atoms with Crippen LogP contribution in [0.25, 0.3) is 10.2 Å². The highest BCUT2D eigenvalue weighted by molar-refractivity contribution is 7.16. The average Bonchev–Trinajstić information content (AvgIpc) is 3.17. The largest absolute Gasteiger partial charge is 0.454 e. The molecule has 0 atom stereocenters. The van der Waals surface area contributed by atoms with Crippen molar-refractivity contribution >= 4 is 27.5 Å². The second kappa shape index (κ2) is 6.28. The molecule has 0 fully saturated rings. The SMILES string of the molecule is C#CCn1c(=NC(=O)c2ccc(F)cc2F)sc2cc3c(cc21)OCO3. The maximum absolute atomic E-state index is 13.8. The van der Waals surface area contributed by atoms with E-state index in [-0.39, 0.29) is 18.9 Å². The monoisotopic (exact) mass is 372 g/mol. The first kappa shape index (κ1) is 16.3. The Morgan fingerprint density at radius 1 is 1.27 bits per heavy atom. The minimum Gasteiger partial charge on any atom is -0.454 e. The Hall–Kier alpha value is -3.18. The molecule has 0 spiro atoms. The van der Waals surface area contributed by atoms with E-state index in [2.05, 4.69) is 10.9 Å². The zero-order chi connectivity index (χ0) is 18.3. The Bertz CT molecular complexity index is 1160. The number of aromatic nitrogens is 1. The molecule has 2 aromatic carbocycles. The third kappa shape index (κ3) is 2.72. The van der Waals surface area contributed by atoms with E-state index >= 15 is 0 Å². The van der Waals surface area contributed by atoms with E-state index in [1.54, 1.807) is 16.7 Å². The number of halogens is 2. The van der Waals surface area contributed by atoms with Crippen molar-refractivity contribution in [3.05, 3.63) is 52.3 Å². The molecule has 0 saturated heterocycles. The number of hydrogen-bond donors (Lipinski definition) is 0. The molecule has 0 aliphatic carbocycles. The van der Waals surface area contributed by atoms with Gasteiger partial charge >= 0.3 is 0 Å². The first-order valence-electron chi connectivity index (χ1n) is 7.47. The van der Waals surface area contributed by atoms with Gasteiger partial charge in [-0.15, -0.1) is 6.42 Å². The molecule has 0 radical (unpaired) electrons. The summed E-state index contributed by atoms with van der Waals surface area (Å²) in [5, 5.41) is 0. The Morgan fingerprint density at radius 2 is 2.04 bits per heavy atom. The molecule has 5 nitrogen and oxygen atoms in total. The summed E-state index contributed by atoms with van der Waals surface area (Å²) in [5.41, 5.74) is 0.411. The van der Waals surface area contributed by atoms with E-state index in [0.29, 0.717) is 22.4 Å². The molecule has 1 aliphatic rings. The lowest BCUT2D eigenvalue weighted by Gasteiger charge is -2.01. The van der Waals surface area contributed by atoms with Gasteiger partial charge in [0.2, 0.25) is 6.79 Å². The van der Waals surface area contributed by atoms with Crippen LogP contribution in [-0.4, -0.2) is 17.3 Å².